The van der Waals surface area contributed by atoms with E-state index in [1.54, 1.807) is 6.07 Å². The summed E-state index contributed by atoms with van der Waals surface area (Å²) in [5, 5.41) is 8.36. The number of carbonyl (C=O) groups is 2. The lowest BCUT2D eigenvalue weighted by molar-refractivity contribution is -0.154. The van der Waals surface area contributed by atoms with E-state index < -0.39 is 11.4 Å². The minimum absolute atomic E-state index is 0.208. The van der Waals surface area contributed by atoms with Crippen molar-refractivity contribution < 1.29 is 19.1 Å². The Morgan fingerprint density at radius 3 is 2.35 bits per heavy atom. The van der Waals surface area contributed by atoms with Gasteiger partial charge in [-0.05, 0) is 51.3 Å². The van der Waals surface area contributed by atoms with Gasteiger partial charge in [0.1, 0.15) is 17.4 Å². The number of rotatable bonds is 8. The number of nitriles is 1. The smallest absolute Gasteiger partial charge is 0.306 e. The van der Waals surface area contributed by atoms with Crippen LogP contribution in [0, 0.1) is 11.3 Å². The van der Waals surface area contributed by atoms with E-state index in [1.165, 1.54) is 0 Å². The average molecular weight is 317 g/mol. The van der Waals surface area contributed by atoms with Gasteiger partial charge in [0.25, 0.3) is 0 Å². The van der Waals surface area contributed by atoms with E-state index in [-0.39, 0.29) is 12.4 Å². The van der Waals surface area contributed by atoms with E-state index in [4.69, 9.17) is 14.7 Å². The molecule has 0 aliphatic carbocycles. The lowest BCUT2D eigenvalue weighted by Crippen LogP contribution is -2.23. The molecule has 0 fully saturated rings. The van der Waals surface area contributed by atoms with Crippen molar-refractivity contribution in [1.82, 2.24) is 0 Å². The normalized spacial score (nSPS) is 10.7. The number of benzene rings is 1. The van der Waals surface area contributed by atoms with Crippen LogP contribution >= 0.6 is 0 Å². The number of carbonyl (C=O) groups excluding carboxylic acids is 2. The molecule has 0 bridgehead atoms. The first-order chi connectivity index (χ1) is 10.8. The Labute approximate surface area is 137 Å². The van der Waals surface area contributed by atoms with Crippen LogP contribution in [0.25, 0.3) is 0 Å². The van der Waals surface area contributed by atoms with E-state index in [1.807, 2.05) is 45.0 Å². The molecule has 0 aliphatic heterocycles. The zero-order valence-electron chi connectivity index (χ0n) is 13.9. The fraction of sp³-hybridized carbons (Fsp3) is 0.500. The largest absolute Gasteiger partial charge is 0.494 e. The summed E-state index contributed by atoms with van der Waals surface area (Å²) in [5.74, 6) is 0.0708. The van der Waals surface area contributed by atoms with Crippen LogP contribution in [-0.2, 0) is 20.7 Å². The van der Waals surface area contributed by atoms with Crippen molar-refractivity contribution in [2.24, 2.45) is 0 Å². The number of nitrogens with zero attached hydrogens (tertiary/aromatic N) is 1. The first-order valence-corrected chi connectivity index (χ1v) is 7.66. The highest BCUT2D eigenvalue weighted by Gasteiger charge is 2.15. The maximum absolute atomic E-state index is 11.7. The fourth-order valence-electron chi connectivity index (χ4n) is 1.87. The van der Waals surface area contributed by atoms with Crippen LogP contribution in [0.2, 0.25) is 0 Å². The summed E-state index contributed by atoms with van der Waals surface area (Å²) in [6.45, 7) is 5.94. The monoisotopic (exact) mass is 317 g/mol. The molecule has 0 amide bonds. The van der Waals surface area contributed by atoms with Gasteiger partial charge < -0.3 is 9.47 Å². The maximum atomic E-state index is 11.7. The number of aryl methyl sites for hydroxylation is 1. The maximum Gasteiger partial charge on any atom is 0.306 e. The summed E-state index contributed by atoms with van der Waals surface area (Å²) < 4.78 is 10.8. The summed E-state index contributed by atoms with van der Waals surface area (Å²) in [5.41, 5.74) is 0.574. The Morgan fingerprint density at radius 2 is 1.78 bits per heavy atom. The molecule has 0 spiro atoms. The van der Waals surface area contributed by atoms with Gasteiger partial charge in [-0.2, -0.15) is 5.26 Å². The molecule has 0 N–H and O–H groups in total. The van der Waals surface area contributed by atoms with Crippen molar-refractivity contribution in [3.63, 3.8) is 0 Å². The van der Waals surface area contributed by atoms with E-state index in [9.17, 15) is 9.59 Å². The van der Waals surface area contributed by atoms with E-state index in [0.29, 0.717) is 31.6 Å². The van der Waals surface area contributed by atoms with Crippen molar-refractivity contribution in [3.05, 3.63) is 29.8 Å². The van der Waals surface area contributed by atoms with Crippen molar-refractivity contribution >= 4 is 11.8 Å². The first kappa shape index (κ1) is 18.7. The van der Waals surface area contributed by atoms with Gasteiger partial charge in [-0.15, -0.1) is 0 Å². The third kappa shape index (κ3) is 8.62. The molecule has 124 valence electrons. The highest BCUT2D eigenvalue weighted by Crippen LogP contribution is 2.15. The number of esters is 1. The molecule has 0 radical (unpaired) electrons. The third-order valence-electron chi connectivity index (χ3n) is 2.90. The molecule has 5 nitrogen and oxygen atoms in total. The second-order valence-electron chi connectivity index (χ2n) is 6.22. The molecule has 0 unspecified atom stereocenters. The zero-order chi connectivity index (χ0) is 17.3. The molecule has 0 aromatic heterocycles. The summed E-state index contributed by atoms with van der Waals surface area (Å²) in [7, 11) is 0. The fourth-order valence-corrected chi connectivity index (χ4v) is 1.87. The minimum atomic E-state index is -0.457. The third-order valence-corrected chi connectivity index (χ3v) is 2.90. The highest BCUT2D eigenvalue weighted by molar-refractivity contribution is 5.93. The molecule has 0 saturated carbocycles. The molecule has 0 heterocycles. The molecule has 0 atom stereocenters. The number of Topliss-reactive ketones (excluding diaryl/α,β-unsaturated/α-hetero) is 1. The van der Waals surface area contributed by atoms with Crippen LogP contribution in [0.4, 0.5) is 0 Å². The standard InChI is InChI=1S/C18H23NO4/c1-18(2,3)23-17(21)11-8-14-6-9-16(10-7-14)22-12-4-5-15(20)13-19/h6-7,9-10H,4-5,8,11-12H2,1-3H3. The van der Waals surface area contributed by atoms with Crippen molar-refractivity contribution in [3.8, 4) is 11.8 Å². The summed E-state index contributed by atoms with van der Waals surface area (Å²) in [6, 6.07) is 9.04. The van der Waals surface area contributed by atoms with Crippen LogP contribution in [0.15, 0.2) is 24.3 Å². The molecule has 5 heteroatoms. The molecule has 0 aliphatic rings. The van der Waals surface area contributed by atoms with Gasteiger partial charge in [0.15, 0.2) is 0 Å². The second-order valence-corrected chi connectivity index (χ2v) is 6.22. The Kier molecular flexibility index (Phi) is 7.27. The predicted molar refractivity (Wildman–Crippen MR) is 86.0 cm³/mol. The van der Waals surface area contributed by atoms with Crippen LogP contribution in [0.3, 0.4) is 0 Å². The van der Waals surface area contributed by atoms with Gasteiger partial charge >= 0.3 is 5.97 Å². The molecule has 0 saturated heterocycles. The van der Waals surface area contributed by atoms with Gasteiger partial charge in [-0.1, -0.05) is 12.1 Å². The minimum Gasteiger partial charge on any atom is -0.494 e. The van der Waals surface area contributed by atoms with Crippen LogP contribution in [-0.4, -0.2) is 24.0 Å². The number of hydrogen-bond acceptors (Lipinski definition) is 5. The van der Waals surface area contributed by atoms with Gasteiger partial charge in [-0.3, -0.25) is 9.59 Å². The molecular weight excluding hydrogens is 294 g/mol. The molecular formula is C18H23NO4. The number of ketones is 1. The predicted octanol–water partition coefficient (Wildman–Crippen LogP) is 3.21. The van der Waals surface area contributed by atoms with E-state index >= 15 is 0 Å². The van der Waals surface area contributed by atoms with Gasteiger partial charge in [0, 0.05) is 12.8 Å². The second kappa shape index (κ2) is 8.94. The number of hydrogen-bond donors (Lipinski definition) is 0. The number of ether oxygens (including phenoxy) is 2. The van der Waals surface area contributed by atoms with Crippen LogP contribution < -0.4 is 4.74 Å². The topological polar surface area (TPSA) is 76.4 Å². The summed E-state index contributed by atoms with van der Waals surface area (Å²) in [4.78, 5) is 22.5. The quantitative estimate of drug-likeness (QED) is 0.418. The molecule has 1 aromatic carbocycles. The SMILES string of the molecule is CC(C)(C)OC(=O)CCc1ccc(OCCCC(=O)C#N)cc1. The zero-order valence-corrected chi connectivity index (χ0v) is 13.9. The molecule has 1 aromatic rings. The Hall–Kier alpha value is -2.35. The summed E-state index contributed by atoms with van der Waals surface area (Å²) >= 11 is 0. The lowest BCUT2D eigenvalue weighted by Gasteiger charge is -2.19. The highest BCUT2D eigenvalue weighted by atomic mass is 16.6. The Balaban J connectivity index is 2.32. The van der Waals surface area contributed by atoms with Gasteiger partial charge in [-0.25, -0.2) is 0 Å². The van der Waals surface area contributed by atoms with Crippen molar-refractivity contribution in [2.75, 3.05) is 6.61 Å². The lowest BCUT2D eigenvalue weighted by atomic mass is 10.1. The van der Waals surface area contributed by atoms with Crippen LogP contribution in [0.1, 0.15) is 45.6 Å². The molecule has 1 rings (SSSR count). The average Bonchev–Trinajstić information content (AvgIpc) is 2.48. The van der Waals surface area contributed by atoms with E-state index in [0.717, 1.165) is 5.56 Å². The molecule has 23 heavy (non-hydrogen) atoms. The first-order valence-electron chi connectivity index (χ1n) is 7.66. The summed E-state index contributed by atoms with van der Waals surface area (Å²) in [6.07, 6.45) is 1.69. The van der Waals surface area contributed by atoms with Crippen LogP contribution in [0.5, 0.6) is 5.75 Å². The van der Waals surface area contributed by atoms with Crippen molar-refractivity contribution in [2.45, 2.75) is 52.1 Å². The Morgan fingerprint density at radius 1 is 1.13 bits per heavy atom. The van der Waals surface area contributed by atoms with Crippen molar-refractivity contribution in [1.29, 1.82) is 5.26 Å². The Bertz CT molecular complexity index is 564. The van der Waals surface area contributed by atoms with Gasteiger partial charge in [0.2, 0.25) is 5.78 Å². The van der Waals surface area contributed by atoms with E-state index in [2.05, 4.69) is 0 Å². The van der Waals surface area contributed by atoms with Gasteiger partial charge in [0.05, 0.1) is 6.61 Å².